The van der Waals surface area contributed by atoms with Gasteiger partial charge >= 0.3 is 0 Å². The Morgan fingerprint density at radius 1 is 1.28 bits per heavy atom. The van der Waals surface area contributed by atoms with Crippen LogP contribution in [0.2, 0.25) is 5.02 Å². The van der Waals surface area contributed by atoms with Gasteiger partial charge in [0.1, 0.15) is 5.75 Å². The second kappa shape index (κ2) is 6.23. The molecule has 0 amide bonds. The normalized spacial score (nSPS) is 10.6. The third-order valence-corrected chi connectivity index (χ3v) is 4.14. The van der Waals surface area contributed by atoms with Crippen molar-refractivity contribution in [3.05, 3.63) is 50.7 Å². The third kappa shape index (κ3) is 3.05. The maximum atomic E-state index is 6.18. The molecule has 0 saturated carbocycles. The fourth-order valence-electron chi connectivity index (χ4n) is 1.79. The number of ether oxygens (including phenoxy) is 1. The molecule has 0 saturated heterocycles. The Bertz CT molecular complexity index is 524. The van der Waals surface area contributed by atoms with Crippen molar-refractivity contribution < 1.29 is 4.74 Å². The highest BCUT2D eigenvalue weighted by Crippen LogP contribution is 2.26. The summed E-state index contributed by atoms with van der Waals surface area (Å²) in [6.45, 7) is 3.69. The van der Waals surface area contributed by atoms with Crippen LogP contribution in [0.25, 0.3) is 0 Å². The molecule has 0 fully saturated rings. The molecule has 1 heterocycles. The topological polar surface area (TPSA) is 21.3 Å². The van der Waals surface area contributed by atoms with Crippen molar-refractivity contribution in [1.29, 1.82) is 0 Å². The molecule has 1 aromatic heterocycles. The van der Waals surface area contributed by atoms with E-state index in [4.69, 9.17) is 16.3 Å². The Morgan fingerprint density at radius 3 is 2.78 bits per heavy atom. The predicted molar refractivity (Wildman–Crippen MR) is 77.6 cm³/mol. The van der Waals surface area contributed by atoms with Crippen LogP contribution < -0.4 is 10.1 Å². The van der Waals surface area contributed by atoms with Gasteiger partial charge in [-0.2, -0.15) is 11.3 Å². The summed E-state index contributed by atoms with van der Waals surface area (Å²) in [4.78, 5) is 0. The molecule has 2 nitrogen and oxygen atoms in total. The lowest BCUT2D eigenvalue weighted by molar-refractivity contribution is 0.407. The zero-order valence-electron chi connectivity index (χ0n) is 10.5. The van der Waals surface area contributed by atoms with Gasteiger partial charge in [0.25, 0.3) is 0 Å². The highest BCUT2D eigenvalue weighted by molar-refractivity contribution is 7.08. The van der Waals surface area contributed by atoms with Crippen molar-refractivity contribution in [2.45, 2.75) is 20.0 Å². The quantitative estimate of drug-likeness (QED) is 0.894. The van der Waals surface area contributed by atoms with Crippen LogP contribution in [0.3, 0.4) is 0 Å². The summed E-state index contributed by atoms with van der Waals surface area (Å²) in [7, 11) is 1.66. The maximum Gasteiger partial charge on any atom is 0.124 e. The van der Waals surface area contributed by atoms with E-state index >= 15 is 0 Å². The molecular weight excluding hydrogens is 266 g/mol. The van der Waals surface area contributed by atoms with Crippen molar-refractivity contribution in [1.82, 2.24) is 5.32 Å². The van der Waals surface area contributed by atoms with Crippen LogP contribution in [0, 0.1) is 6.92 Å². The molecule has 0 atom stereocenters. The number of rotatable bonds is 5. The van der Waals surface area contributed by atoms with Crippen molar-refractivity contribution >= 4 is 22.9 Å². The van der Waals surface area contributed by atoms with Gasteiger partial charge in [-0.15, -0.1) is 0 Å². The van der Waals surface area contributed by atoms with Crippen molar-refractivity contribution in [2.75, 3.05) is 7.11 Å². The largest absolute Gasteiger partial charge is 0.496 e. The average molecular weight is 282 g/mol. The van der Waals surface area contributed by atoms with E-state index in [-0.39, 0.29) is 0 Å². The molecule has 18 heavy (non-hydrogen) atoms. The van der Waals surface area contributed by atoms with Gasteiger partial charge in [0, 0.05) is 23.7 Å². The van der Waals surface area contributed by atoms with Crippen LogP contribution in [0.5, 0.6) is 5.75 Å². The molecule has 1 aromatic carbocycles. The number of aryl methyl sites for hydroxylation is 1. The number of methoxy groups -OCH3 is 1. The highest BCUT2D eigenvalue weighted by atomic mass is 35.5. The summed E-state index contributed by atoms with van der Waals surface area (Å²) >= 11 is 7.91. The van der Waals surface area contributed by atoms with E-state index in [1.165, 1.54) is 11.1 Å². The summed E-state index contributed by atoms with van der Waals surface area (Å²) in [5, 5.41) is 8.47. The number of thiophene rings is 1. The van der Waals surface area contributed by atoms with Crippen LogP contribution in [0.15, 0.2) is 29.0 Å². The maximum absolute atomic E-state index is 6.18. The summed E-state index contributed by atoms with van der Waals surface area (Å²) in [5.41, 5.74) is 3.68. The number of halogens is 1. The van der Waals surface area contributed by atoms with E-state index in [2.05, 4.69) is 23.0 Å². The van der Waals surface area contributed by atoms with E-state index in [1.54, 1.807) is 18.4 Å². The van der Waals surface area contributed by atoms with Gasteiger partial charge in [0.05, 0.1) is 7.11 Å². The molecule has 0 unspecified atom stereocenters. The molecule has 4 heteroatoms. The van der Waals surface area contributed by atoms with Gasteiger partial charge in [-0.25, -0.2) is 0 Å². The van der Waals surface area contributed by atoms with Gasteiger partial charge in [0.2, 0.25) is 0 Å². The van der Waals surface area contributed by atoms with Crippen LogP contribution in [-0.4, -0.2) is 7.11 Å². The highest BCUT2D eigenvalue weighted by Gasteiger charge is 2.07. The molecule has 0 aliphatic heterocycles. The van der Waals surface area contributed by atoms with E-state index in [9.17, 15) is 0 Å². The SMILES string of the molecule is COc1cccc(Cl)c1CNCc1cscc1C. The van der Waals surface area contributed by atoms with E-state index in [1.807, 2.05) is 18.2 Å². The lowest BCUT2D eigenvalue weighted by Crippen LogP contribution is -2.13. The third-order valence-electron chi connectivity index (χ3n) is 2.87. The summed E-state index contributed by atoms with van der Waals surface area (Å²) in [5.74, 6) is 0.831. The Balaban J connectivity index is 2.00. The fraction of sp³-hybridized carbons (Fsp3) is 0.286. The predicted octanol–water partition coefficient (Wildman–Crippen LogP) is 4.01. The number of hydrogen-bond acceptors (Lipinski definition) is 3. The molecule has 1 N–H and O–H groups in total. The Morgan fingerprint density at radius 2 is 2.11 bits per heavy atom. The minimum Gasteiger partial charge on any atom is -0.496 e. The smallest absolute Gasteiger partial charge is 0.124 e. The molecule has 2 aromatic rings. The molecule has 0 aliphatic carbocycles. The van der Waals surface area contributed by atoms with Crippen molar-refractivity contribution in [3.63, 3.8) is 0 Å². The van der Waals surface area contributed by atoms with Gasteiger partial charge in [-0.1, -0.05) is 17.7 Å². The lowest BCUT2D eigenvalue weighted by atomic mass is 10.2. The first-order valence-corrected chi connectivity index (χ1v) is 7.08. The lowest BCUT2D eigenvalue weighted by Gasteiger charge is -2.11. The first kappa shape index (κ1) is 13.4. The minimum atomic E-state index is 0.706. The molecule has 0 bridgehead atoms. The van der Waals surface area contributed by atoms with E-state index < -0.39 is 0 Å². The molecule has 0 spiro atoms. The molecule has 0 radical (unpaired) electrons. The first-order valence-electron chi connectivity index (χ1n) is 5.76. The number of nitrogens with one attached hydrogen (secondary N) is 1. The Kier molecular flexibility index (Phi) is 4.64. The van der Waals surface area contributed by atoms with Crippen molar-refractivity contribution in [3.8, 4) is 5.75 Å². The zero-order chi connectivity index (χ0) is 13.0. The summed E-state index contributed by atoms with van der Waals surface area (Å²) < 4.78 is 5.32. The fourth-order valence-corrected chi connectivity index (χ4v) is 2.88. The standard InChI is InChI=1S/C14H16ClNOS/c1-10-8-18-9-11(10)6-16-7-12-13(15)4-3-5-14(12)17-2/h3-5,8-9,16H,6-7H2,1-2H3. The number of benzene rings is 1. The molecular formula is C14H16ClNOS. The zero-order valence-corrected chi connectivity index (χ0v) is 12.1. The van der Waals surface area contributed by atoms with E-state index in [0.717, 1.165) is 22.9 Å². The molecule has 0 aliphatic rings. The summed E-state index contributed by atoms with van der Waals surface area (Å²) in [6.07, 6.45) is 0. The monoisotopic (exact) mass is 281 g/mol. The molecule has 2 rings (SSSR count). The van der Waals surface area contributed by atoms with Gasteiger partial charge in [-0.05, 0) is 40.9 Å². The van der Waals surface area contributed by atoms with Gasteiger partial charge in [0.15, 0.2) is 0 Å². The van der Waals surface area contributed by atoms with Crippen LogP contribution in [0.1, 0.15) is 16.7 Å². The average Bonchev–Trinajstić information content (AvgIpc) is 2.77. The number of hydrogen-bond donors (Lipinski definition) is 1. The second-order valence-corrected chi connectivity index (χ2v) is 5.26. The van der Waals surface area contributed by atoms with Crippen molar-refractivity contribution in [2.24, 2.45) is 0 Å². The minimum absolute atomic E-state index is 0.706. The Labute approximate surface area is 117 Å². The second-order valence-electron chi connectivity index (χ2n) is 4.10. The van der Waals surface area contributed by atoms with Gasteiger partial charge in [-0.3, -0.25) is 0 Å². The van der Waals surface area contributed by atoms with Crippen LogP contribution in [-0.2, 0) is 13.1 Å². The molecule has 96 valence electrons. The van der Waals surface area contributed by atoms with E-state index in [0.29, 0.717) is 6.54 Å². The summed E-state index contributed by atoms with van der Waals surface area (Å²) in [6, 6.07) is 5.71. The Hall–Kier alpha value is -1.03. The first-order chi connectivity index (χ1) is 8.72. The van der Waals surface area contributed by atoms with Crippen LogP contribution >= 0.6 is 22.9 Å². The van der Waals surface area contributed by atoms with Gasteiger partial charge < -0.3 is 10.1 Å². The van der Waals surface area contributed by atoms with Crippen LogP contribution in [0.4, 0.5) is 0 Å².